The highest BCUT2D eigenvalue weighted by atomic mass is 32.2. The van der Waals surface area contributed by atoms with Crippen LogP contribution in [-0.4, -0.2) is 44.0 Å². The monoisotopic (exact) mass is 549 g/mol. The third kappa shape index (κ3) is 3.89. The van der Waals surface area contributed by atoms with Gasteiger partial charge < -0.3 is 10.4 Å². The minimum absolute atomic E-state index is 0.0374. The van der Waals surface area contributed by atoms with Gasteiger partial charge in [0.05, 0.1) is 10.6 Å². The van der Waals surface area contributed by atoms with E-state index in [4.69, 9.17) is 0 Å². The van der Waals surface area contributed by atoms with Gasteiger partial charge in [0.15, 0.2) is 0 Å². The van der Waals surface area contributed by atoms with Gasteiger partial charge in [0.2, 0.25) is 0 Å². The molecule has 0 amide bonds. The molecule has 0 fully saturated rings. The fourth-order valence-electron chi connectivity index (χ4n) is 4.33. The predicted octanol–water partition coefficient (Wildman–Crippen LogP) is 3.77. The van der Waals surface area contributed by atoms with E-state index in [1.165, 1.54) is 24.3 Å². The summed E-state index contributed by atoms with van der Waals surface area (Å²) >= 11 is 0. The van der Waals surface area contributed by atoms with Crippen LogP contribution in [0, 0.1) is 0 Å². The largest absolute Gasteiger partial charge is 0.506 e. The molecule has 11 nitrogen and oxygen atoms in total. The lowest BCUT2D eigenvalue weighted by molar-refractivity contribution is 0.478. The van der Waals surface area contributed by atoms with E-state index in [1.807, 2.05) is 0 Å². The van der Waals surface area contributed by atoms with E-state index >= 15 is 0 Å². The molecule has 5 aromatic rings. The Hall–Kier alpha value is -3.53. The average molecular weight is 550 g/mol. The Kier molecular flexibility index (Phi) is 5.19. The van der Waals surface area contributed by atoms with Gasteiger partial charge in [0, 0.05) is 21.8 Å². The van der Waals surface area contributed by atoms with Crippen LogP contribution in [0.4, 0.5) is 11.4 Å². The maximum absolute atomic E-state index is 12.5. The molecule has 0 bridgehead atoms. The van der Waals surface area contributed by atoms with E-state index in [0.29, 0.717) is 5.39 Å². The number of rotatable bonds is 5. The number of phenols is 1. The van der Waals surface area contributed by atoms with Crippen molar-refractivity contribution in [3.8, 4) is 5.75 Å². The number of phenolic OH excluding ortho intramolecular Hbond substituents is 1. The maximum atomic E-state index is 12.5. The summed E-state index contributed by atoms with van der Waals surface area (Å²) in [6, 6.07) is 12.6. The smallest absolute Gasteiger partial charge is 0.295 e. The van der Waals surface area contributed by atoms with Crippen molar-refractivity contribution < 1.29 is 44.0 Å². The molecule has 36 heavy (non-hydrogen) atoms. The average Bonchev–Trinajstić information content (AvgIpc) is 2.76. The van der Waals surface area contributed by atoms with Crippen LogP contribution in [0.5, 0.6) is 5.75 Å². The Bertz CT molecular complexity index is 2050. The second kappa shape index (κ2) is 7.73. The Morgan fingerprint density at radius 3 is 1.89 bits per heavy atom. The molecule has 0 spiro atoms. The number of hydrogen-bond donors (Lipinski definition) is 5. The SMILES string of the molecule is O=S(=O)(O)c1cccc(Nc2c(O)cc3ccc4ccc(S(=O)(=O)O)c5cc(S(=O)(=O)O)c2c3c45)c1. The molecule has 5 N–H and O–H groups in total. The first-order valence-corrected chi connectivity index (χ1v) is 14.3. The standard InChI is InChI=1S/C22H15NO10S3/c24-16-8-12-5-4-11-6-7-17(35(28,29)30)15-10-18(36(31,32)33)21(20(12)19(11)15)22(16)23-13-2-1-3-14(9-13)34(25,26)27/h1-10,23-24H,(H,25,26,27)(H,28,29,30)(H,31,32,33). The molecular formula is C22H15NO10S3. The second-order valence-corrected chi connectivity index (χ2v) is 12.2. The van der Waals surface area contributed by atoms with Gasteiger partial charge in [-0.15, -0.1) is 0 Å². The number of hydrogen-bond acceptors (Lipinski definition) is 8. The van der Waals surface area contributed by atoms with Crippen molar-refractivity contribution in [2.24, 2.45) is 0 Å². The van der Waals surface area contributed by atoms with Crippen LogP contribution in [0.2, 0.25) is 0 Å². The first-order valence-electron chi connectivity index (χ1n) is 9.93. The fourth-order valence-corrected chi connectivity index (χ4v) is 6.27. The molecule has 14 heteroatoms. The lowest BCUT2D eigenvalue weighted by Crippen LogP contribution is -2.06. The molecule has 0 saturated heterocycles. The zero-order valence-electron chi connectivity index (χ0n) is 17.7. The van der Waals surface area contributed by atoms with Crippen LogP contribution in [-0.2, 0) is 30.4 Å². The van der Waals surface area contributed by atoms with Crippen molar-refractivity contribution in [3.63, 3.8) is 0 Å². The van der Waals surface area contributed by atoms with Crippen molar-refractivity contribution in [2.75, 3.05) is 5.32 Å². The molecular weight excluding hydrogens is 534 g/mol. The molecule has 0 aliphatic heterocycles. The molecule has 0 radical (unpaired) electrons. The van der Waals surface area contributed by atoms with E-state index in [-0.39, 0.29) is 38.3 Å². The Balaban J connectivity index is 1.97. The topological polar surface area (TPSA) is 195 Å². The number of aromatic hydroxyl groups is 1. The summed E-state index contributed by atoms with van der Waals surface area (Å²) in [7, 11) is -14.4. The zero-order chi connectivity index (χ0) is 26.2. The van der Waals surface area contributed by atoms with Crippen LogP contribution in [0.1, 0.15) is 0 Å². The Morgan fingerprint density at radius 1 is 0.611 bits per heavy atom. The number of nitrogens with one attached hydrogen (secondary N) is 1. The number of anilines is 2. The highest BCUT2D eigenvalue weighted by Crippen LogP contribution is 2.47. The summed E-state index contributed by atoms with van der Waals surface area (Å²) in [5.41, 5.74) is -0.204. The minimum Gasteiger partial charge on any atom is -0.506 e. The molecule has 0 aromatic heterocycles. The maximum Gasteiger partial charge on any atom is 0.295 e. The first kappa shape index (κ1) is 24.2. The van der Waals surface area contributed by atoms with E-state index in [1.54, 1.807) is 12.1 Å². The van der Waals surface area contributed by atoms with Gasteiger partial charge >= 0.3 is 0 Å². The summed E-state index contributed by atoms with van der Waals surface area (Å²) in [6.07, 6.45) is 0. The van der Waals surface area contributed by atoms with Crippen LogP contribution < -0.4 is 5.32 Å². The molecule has 5 aromatic carbocycles. The predicted molar refractivity (Wildman–Crippen MR) is 131 cm³/mol. The third-order valence-corrected chi connectivity index (χ3v) is 8.39. The van der Waals surface area contributed by atoms with Gasteiger partial charge in [0.25, 0.3) is 30.4 Å². The van der Waals surface area contributed by atoms with Gasteiger partial charge in [-0.1, -0.05) is 24.3 Å². The van der Waals surface area contributed by atoms with Gasteiger partial charge in [0.1, 0.15) is 15.5 Å². The quantitative estimate of drug-likeness (QED) is 0.122. The summed E-state index contributed by atoms with van der Waals surface area (Å²) in [5, 5.41) is 14.3. The van der Waals surface area contributed by atoms with Crippen molar-refractivity contribution >= 4 is 74.0 Å². The lowest BCUT2D eigenvalue weighted by atomic mass is 9.93. The summed E-state index contributed by atoms with van der Waals surface area (Å²) in [4.78, 5) is -1.83. The summed E-state index contributed by atoms with van der Waals surface area (Å²) < 4.78 is 101. The van der Waals surface area contributed by atoms with E-state index in [0.717, 1.165) is 24.3 Å². The van der Waals surface area contributed by atoms with E-state index in [9.17, 15) is 44.0 Å². The first-order chi connectivity index (χ1) is 16.7. The van der Waals surface area contributed by atoms with Crippen LogP contribution in [0.3, 0.4) is 0 Å². The molecule has 0 atom stereocenters. The van der Waals surface area contributed by atoms with Crippen LogP contribution in [0.25, 0.3) is 32.3 Å². The number of benzene rings is 5. The molecule has 0 saturated carbocycles. The van der Waals surface area contributed by atoms with Gasteiger partial charge in [-0.25, -0.2) is 0 Å². The van der Waals surface area contributed by atoms with Crippen LogP contribution in [0.15, 0.2) is 75.4 Å². The molecule has 0 heterocycles. The van der Waals surface area contributed by atoms with Crippen molar-refractivity contribution in [3.05, 3.63) is 60.7 Å². The normalized spacial score (nSPS) is 13.1. The van der Waals surface area contributed by atoms with Gasteiger partial charge in [-0.3, -0.25) is 13.7 Å². The van der Waals surface area contributed by atoms with Gasteiger partial charge in [-0.2, -0.15) is 25.3 Å². The molecule has 0 aliphatic carbocycles. The molecule has 5 rings (SSSR count). The summed E-state index contributed by atoms with van der Waals surface area (Å²) in [5.74, 6) is -0.474. The minimum atomic E-state index is -5.04. The van der Waals surface area contributed by atoms with Crippen molar-refractivity contribution in [2.45, 2.75) is 14.7 Å². The Labute approximate surface area is 204 Å². The fraction of sp³-hybridized carbons (Fsp3) is 0. The van der Waals surface area contributed by atoms with Crippen molar-refractivity contribution in [1.82, 2.24) is 0 Å². The molecule has 0 aliphatic rings. The van der Waals surface area contributed by atoms with E-state index in [2.05, 4.69) is 5.32 Å². The van der Waals surface area contributed by atoms with Gasteiger partial charge in [-0.05, 0) is 52.6 Å². The zero-order valence-corrected chi connectivity index (χ0v) is 20.2. The second-order valence-electron chi connectivity index (χ2n) is 7.97. The summed E-state index contributed by atoms with van der Waals surface area (Å²) in [6.45, 7) is 0. The van der Waals surface area contributed by atoms with Crippen LogP contribution >= 0.6 is 0 Å². The third-order valence-electron chi connectivity index (χ3n) is 5.75. The highest BCUT2D eigenvalue weighted by molar-refractivity contribution is 7.86. The molecule has 186 valence electrons. The van der Waals surface area contributed by atoms with Crippen molar-refractivity contribution in [1.29, 1.82) is 0 Å². The molecule has 0 unspecified atom stereocenters. The van der Waals surface area contributed by atoms with E-state index < -0.39 is 50.8 Å². The Morgan fingerprint density at radius 2 is 1.25 bits per heavy atom. The lowest BCUT2D eigenvalue weighted by Gasteiger charge is -2.20. The highest BCUT2D eigenvalue weighted by Gasteiger charge is 2.27.